The highest BCUT2D eigenvalue weighted by molar-refractivity contribution is 5.95. The van der Waals surface area contributed by atoms with E-state index in [1.54, 1.807) is 0 Å². The molecule has 3 rings (SSSR count). The highest BCUT2D eigenvalue weighted by atomic mass is 19.2. The minimum atomic E-state index is -1.38. The third-order valence-electron chi connectivity index (χ3n) is 2.75. The van der Waals surface area contributed by atoms with Gasteiger partial charge in [-0.05, 0) is 12.1 Å². The fourth-order valence-corrected chi connectivity index (χ4v) is 1.85. The minimum Gasteiger partial charge on any atom is -0.478 e. The number of carboxylic acids is 1. The molecule has 100 valence electrons. The van der Waals surface area contributed by atoms with Gasteiger partial charge in [0.15, 0.2) is 23.1 Å². The van der Waals surface area contributed by atoms with Crippen molar-refractivity contribution in [3.63, 3.8) is 0 Å². The first-order valence-corrected chi connectivity index (χ1v) is 5.45. The molecule has 8 heteroatoms. The molecule has 0 atom stereocenters. The van der Waals surface area contributed by atoms with Crippen molar-refractivity contribution in [3.05, 3.63) is 47.9 Å². The standard InChI is InChI=1S/C12H6F2N4O2/c13-8-3-6(7(12(19)20)4-9(8)14)11-17-16-10-5-15-1-2-18(10)11/h1-5H,(H,19,20). The van der Waals surface area contributed by atoms with Gasteiger partial charge >= 0.3 is 5.97 Å². The Hall–Kier alpha value is -2.90. The van der Waals surface area contributed by atoms with Crippen molar-refractivity contribution < 1.29 is 18.7 Å². The highest BCUT2D eigenvalue weighted by Crippen LogP contribution is 2.25. The van der Waals surface area contributed by atoms with E-state index in [0.29, 0.717) is 11.7 Å². The summed E-state index contributed by atoms with van der Waals surface area (Å²) in [6.45, 7) is 0. The molecule has 0 spiro atoms. The largest absolute Gasteiger partial charge is 0.478 e. The van der Waals surface area contributed by atoms with Gasteiger partial charge in [0.05, 0.1) is 11.8 Å². The first kappa shape index (κ1) is 12.2. The summed E-state index contributed by atoms with van der Waals surface area (Å²) >= 11 is 0. The molecule has 2 aromatic heterocycles. The number of carbonyl (C=O) groups is 1. The number of halogens is 2. The van der Waals surface area contributed by atoms with Gasteiger partial charge in [-0.15, -0.1) is 10.2 Å². The Morgan fingerprint density at radius 3 is 2.70 bits per heavy atom. The number of benzene rings is 1. The predicted octanol–water partition coefficient (Wildman–Crippen LogP) is 1.77. The lowest BCUT2D eigenvalue weighted by Gasteiger charge is -2.05. The summed E-state index contributed by atoms with van der Waals surface area (Å²) in [7, 11) is 0. The summed E-state index contributed by atoms with van der Waals surface area (Å²) in [5, 5.41) is 16.7. The van der Waals surface area contributed by atoms with Crippen molar-refractivity contribution in [3.8, 4) is 11.4 Å². The maximum Gasteiger partial charge on any atom is 0.336 e. The van der Waals surface area contributed by atoms with E-state index < -0.39 is 23.2 Å². The zero-order valence-electron chi connectivity index (χ0n) is 9.79. The van der Waals surface area contributed by atoms with Crippen molar-refractivity contribution in [1.29, 1.82) is 0 Å². The summed E-state index contributed by atoms with van der Waals surface area (Å²) in [6.07, 6.45) is 4.36. The van der Waals surface area contributed by atoms with E-state index in [4.69, 9.17) is 5.11 Å². The molecular weight excluding hydrogens is 270 g/mol. The Morgan fingerprint density at radius 2 is 1.95 bits per heavy atom. The Labute approximate surface area is 110 Å². The van der Waals surface area contributed by atoms with E-state index in [9.17, 15) is 13.6 Å². The van der Waals surface area contributed by atoms with Gasteiger partial charge in [0.2, 0.25) is 0 Å². The first-order chi connectivity index (χ1) is 9.58. The molecule has 0 aliphatic heterocycles. The number of carboxylic acid groups (broad SMARTS) is 1. The summed E-state index contributed by atoms with van der Waals surface area (Å²) in [5.74, 6) is -3.68. The van der Waals surface area contributed by atoms with E-state index in [0.717, 1.165) is 6.07 Å². The van der Waals surface area contributed by atoms with E-state index in [-0.39, 0.29) is 11.4 Å². The lowest BCUT2D eigenvalue weighted by atomic mass is 10.1. The van der Waals surface area contributed by atoms with Gasteiger partial charge in [0.1, 0.15) is 0 Å². The summed E-state index contributed by atoms with van der Waals surface area (Å²) in [5.41, 5.74) is -0.0892. The molecule has 6 nitrogen and oxygen atoms in total. The number of hydrogen-bond donors (Lipinski definition) is 1. The van der Waals surface area contributed by atoms with Crippen molar-refractivity contribution in [2.24, 2.45) is 0 Å². The Morgan fingerprint density at radius 1 is 1.20 bits per heavy atom. The van der Waals surface area contributed by atoms with Gasteiger partial charge in [0.25, 0.3) is 0 Å². The van der Waals surface area contributed by atoms with Crippen LogP contribution in [0.5, 0.6) is 0 Å². The van der Waals surface area contributed by atoms with Crippen molar-refractivity contribution in [2.45, 2.75) is 0 Å². The lowest BCUT2D eigenvalue weighted by molar-refractivity contribution is 0.0697. The van der Waals surface area contributed by atoms with E-state index >= 15 is 0 Å². The fraction of sp³-hybridized carbons (Fsp3) is 0. The molecule has 0 saturated heterocycles. The van der Waals surface area contributed by atoms with E-state index in [1.165, 1.54) is 23.0 Å². The molecule has 1 N–H and O–H groups in total. The number of rotatable bonds is 2. The molecule has 0 fully saturated rings. The van der Waals surface area contributed by atoms with Crippen LogP contribution in [0.4, 0.5) is 8.78 Å². The molecule has 0 radical (unpaired) electrons. The van der Waals surface area contributed by atoms with Crippen LogP contribution in [0.2, 0.25) is 0 Å². The van der Waals surface area contributed by atoms with Gasteiger partial charge < -0.3 is 5.11 Å². The van der Waals surface area contributed by atoms with Gasteiger partial charge in [-0.25, -0.2) is 13.6 Å². The van der Waals surface area contributed by atoms with Crippen LogP contribution >= 0.6 is 0 Å². The van der Waals surface area contributed by atoms with Crippen molar-refractivity contribution in [2.75, 3.05) is 0 Å². The van der Waals surface area contributed by atoms with Crippen LogP contribution in [-0.2, 0) is 0 Å². The lowest BCUT2D eigenvalue weighted by Crippen LogP contribution is -2.04. The molecule has 0 bridgehead atoms. The van der Waals surface area contributed by atoms with Crippen LogP contribution < -0.4 is 0 Å². The Kier molecular flexibility index (Phi) is 2.63. The normalized spacial score (nSPS) is 10.9. The molecule has 0 aliphatic carbocycles. The maximum atomic E-state index is 13.4. The second-order valence-electron chi connectivity index (χ2n) is 3.95. The van der Waals surface area contributed by atoms with Gasteiger partial charge in [-0.2, -0.15) is 0 Å². The van der Waals surface area contributed by atoms with Gasteiger partial charge in [0, 0.05) is 18.0 Å². The third-order valence-corrected chi connectivity index (χ3v) is 2.75. The quantitative estimate of drug-likeness (QED) is 0.771. The van der Waals surface area contributed by atoms with Gasteiger partial charge in [-0.1, -0.05) is 0 Å². The Balaban J connectivity index is 2.34. The predicted molar refractivity (Wildman–Crippen MR) is 63.1 cm³/mol. The van der Waals surface area contributed by atoms with Crippen LogP contribution in [-0.4, -0.2) is 30.7 Å². The average Bonchev–Trinajstić information content (AvgIpc) is 2.85. The molecule has 0 saturated carbocycles. The van der Waals surface area contributed by atoms with Crippen molar-refractivity contribution >= 4 is 11.6 Å². The monoisotopic (exact) mass is 276 g/mol. The SMILES string of the molecule is O=C(O)c1cc(F)c(F)cc1-c1nnc2cnccn12. The number of aromatic carboxylic acids is 1. The number of fused-ring (bicyclic) bond motifs is 1. The zero-order chi connectivity index (χ0) is 14.3. The molecular formula is C12H6F2N4O2. The zero-order valence-corrected chi connectivity index (χ0v) is 9.79. The topological polar surface area (TPSA) is 80.4 Å². The molecule has 0 aliphatic rings. The fourth-order valence-electron chi connectivity index (χ4n) is 1.85. The second-order valence-corrected chi connectivity index (χ2v) is 3.95. The summed E-state index contributed by atoms with van der Waals surface area (Å²) in [4.78, 5) is 15.0. The molecule has 0 amide bonds. The molecule has 0 unspecified atom stereocenters. The minimum absolute atomic E-state index is 0.0601. The number of aromatic nitrogens is 4. The number of hydrogen-bond acceptors (Lipinski definition) is 4. The van der Waals surface area contributed by atoms with Gasteiger partial charge in [-0.3, -0.25) is 9.38 Å². The second kappa shape index (κ2) is 4.34. The maximum absolute atomic E-state index is 13.4. The van der Waals surface area contributed by atoms with Crippen LogP contribution in [0.15, 0.2) is 30.7 Å². The Bertz CT molecular complexity index is 831. The average molecular weight is 276 g/mol. The molecule has 2 heterocycles. The van der Waals surface area contributed by atoms with E-state index in [1.807, 2.05) is 0 Å². The molecule has 3 aromatic rings. The van der Waals surface area contributed by atoms with E-state index in [2.05, 4.69) is 15.2 Å². The summed E-state index contributed by atoms with van der Waals surface area (Å²) < 4.78 is 28.0. The van der Waals surface area contributed by atoms with Crippen LogP contribution in [0, 0.1) is 11.6 Å². The first-order valence-electron chi connectivity index (χ1n) is 5.45. The smallest absolute Gasteiger partial charge is 0.336 e. The van der Waals surface area contributed by atoms with Crippen molar-refractivity contribution in [1.82, 2.24) is 19.6 Å². The molecule has 1 aromatic carbocycles. The molecule has 20 heavy (non-hydrogen) atoms. The van der Waals surface area contributed by atoms with Crippen LogP contribution in [0.3, 0.4) is 0 Å². The summed E-state index contributed by atoms with van der Waals surface area (Å²) in [6, 6.07) is 1.41. The van der Waals surface area contributed by atoms with Crippen LogP contribution in [0.1, 0.15) is 10.4 Å². The third kappa shape index (κ3) is 1.78. The highest BCUT2D eigenvalue weighted by Gasteiger charge is 2.20. The van der Waals surface area contributed by atoms with Crippen LogP contribution in [0.25, 0.3) is 17.0 Å². The number of nitrogens with zero attached hydrogens (tertiary/aromatic N) is 4.